The van der Waals surface area contributed by atoms with Gasteiger partial charge in [-0.1, -0.05) is 39.0 Å². The molecular weight excluding hydrogens is 563 g/mol. The van der Waals surface area contributed by atoms with Crippen molar-refractivity contribution < 1.29 is 9.53 Å². The first-order valence-corrected chi connectivity index (χ1v) is 15.6. The third-order valence-electron chi connectivity index (χ3n) is 6.75. The normalized spacial score (nSPS) is 11.0. The van der Waals surface area contributed by atoms with Gasteiger partial charge >= 0.3 is 5.97 Å². The molecule has 0 amide bonds. The number of anilines is 1. The van der Waals surface area contributed by atoms with Crippen molar-refractivity contribution in [2.75, 3.05) is 24.6 Å². The molecule has 0 fully saturated rings. The number of thiophene rings is 2. The summed E-state index contributed by atoms with van der Waals surface area (Å²) in [5.74, 6) is -0.352. The molecule has 4 aromatic rings. The highest BCUT2D eigenvalue weighted by Crippen LogP contribution is 2.45. The molecule has 42 heavy (non-hydrogen) atoms. The van der Waals surface area contributed by atoms with Gasteiger partial charge in [0.1, 0.15) is 11.6 Å². The van der Waals surface area contributed by atoms with Gasteiger partial charge in [-0.05, 0) is 73.7 Å². The molecule has 2 aromatic carbocycles. The summed E-state index contributed by atoms with van der Waals surface area (Å²) in [5.41, 5.74) is 5.55. The van der Waals surface area contributed by atoms with Crippen LogP contribution in [-0.2, 0) is 16.0 Å². The number of benzene rings is 2. The maximum Gasteiger partial charge on any atom is 0.333 e. The number of carbonyl (C=O) groups excluding carboxylic acids is 1. The molecule has 0 aliphatic carbocycles. The smallest absolute Gasteiger partial charge is 0.333 e. The van der Waals surface area contributed by atoms with Crippen LogP contribution in [0.25, 0.3) is 19.8 Å². The third-order valence-corrected chi connectivity index (χ3v) is 9.10. The van der Waals surface area contributed by atoms with E-state index in [2.05, 4.69) is 65.9 Å². The minimum absolute atomic E-state index is 0.352. The van der Waals surface area contributed by atoms with Crippen molar-refractivity contribution in [3.8, 4) is 22.6 Å². The Bertz CT molecular complexity index is 1690. The van der Waals surface area contributed by atoms with Crippen LogP contribution in [0, 0.1) is 22.7 Å². The molecule has 4 rings (SSSR count). The predicted octanol–water partition coefficient (Wildman–Crippen LogP) is 9.47. The standard InChI is InChI=1S/C33H33N5O2S2/c1-5-7-15-38(16-8-17-40-33(39)22(3)4)26-13-14-28(24(6-2)18-26)36-37-32-27(21-35)31-30(42-32)19-29(41-31)25-11-9-23(20-34)10-12-25/h9-14,18-19H,3,5-8,15-17H2,1-2,4H3. The lowest BCUT2D eigenvalue weighted by molar-refractivity contribution is -0.138. The van der Waals surface area contributed by atoms with Gasteiger partial charge in [0.2, 0.25) is 0 Å². The number of carbonyl (C=O) groups is 1. The summed E-state index contributed by atoms with van der Waals surface area (Å²) in [4.78, 5) is 15.1. The topological polar surface area (TPSA) is 102 Å². The van der Waals surface area contributed by atoms with E-state index in [1.165, 1.54) is 11.3 Å². The Morgan fingerprint density at radius 1 is 1.00 bits per heavy atom. The number of nitrogens with zero attached hydrogens (tertiary/aromatic N) is 5. The predicted molar refractivity (Wildman–Crippen MR) is 172 cm³/mol. The minimum atomic E-state index is -0.352. The van der Waals surface area contributed by atoms with E-state index in [0.717, 1.165) is 75.6 Å². The van der Waals surface area contributed by atoms with Crippen molar-refractivity contribution in [1.29, 1.82) is 10.5 Å². The summed E-state index contributed by atoms with van der Waals surface area (Å²) in [7, 11) is 0. The first kappa shape index (κ1) is 30.6. The van der Waals surface area contributed by atoms with Crippen molar-refractivity contribution in [1.82, 2.24) is 0 Å². The average Bonchev–Trinajstić information content (AvgIpc) is 3.57. The van der Waals surface area contributed by atoms with Gasteiger partial charge in [-0.25, -0.2) is 4.79 Å². The molecular formula is C33H33N5O2S2. The lowest BCUT2D eigenvalue weighted by Crippen LogP contribution is -2.27. The number of aryl methyl sites for hydroxylation is 1. The summed E-state index contributed by atoms with van der Waals surface area (Å²) < 4.78 is 7.18. The number of rotatable bonds is 13. The second-order valence-electron chi connectivity index (χ2n) is 9.86. The molecule has 214 valence electrons. The molecule has 0 atom stereocenters. The number of unbranched alkanes of at least 4 members (excludes halogenated alkanes) is 1. The largest absolute Gasteiger partial charge is 0.462 e. The third kappa shape index (κ3) is 7.30. The van der Waals surface area contributed by atoms with E-state index in [0.29, 0.717) is 28.3 Å². The molecule has 9 heteroatoms. The Morgan fingerprint density at radius 3 is 2.43 bits per heavy atom. The van der Waals surface area contributed by atoms with Gasteiger partial charge in [-0.15, -0.1) is 32.9 Å². The molecule has 0 aliphatic heterocycles. The van der Waals surface area contributed by atoms with Crippen LogP contribution in [0.1, 0.15) is 56.7 Å². The monoisotopic (exact) mass is 595 g/mol. The van der Waals surface area contributed by atoms with E-state index < -0.39 is 0 Å². The Morgan fingerprint density at radius 2 is 1.76 bits per heavy atom. The number of azo groups is 1. The van der Waals surface area contributed by atoms with Gasteiger partial charge in [0, 0.05) is 33.9 Å². The van der Waals surface area contributed by atoms with E-state index in [9.17, 15) is 10.1 Å². The molecule has 0 aliphatic rings. The number of esters is 1. The number of nitriles is 2. The van der Waals surface area contributed by atoms with Crippen molar-refractivity contribution in [2.24, 2.45) is 10.2 Å². The molecule has 2 aromatic heterocycles. The maximum atomic E-state index is 11.7. The van der Waals surface area contributed by atoms with Crippen molar-refractivity contribution in [3.63, 3.8) is 0 Å². The van der Waals surface area contributed by atoms with Gasteiger partial charge in [-0.2, -0.15) is 10.5 Å². The fraction of sp³-hybridized carbons (Fsp3) is 0.303. The molecule has 0 unspecified atom stereocenters. The van der Waals surface area contributed by atoms with Crippen LogP contribution in [0.3, 0.4) is 0 Å². The molecule has 2 heterocycles. The summed E-state index contributed by atoms with van der Waals surface area (Å²) in [5, 5.41) is 28.7. The Hall–Kier alpha value is -4.31. The van der Waals surface area contributed by atoms with Gasteiger partial charge in [-0.3, -0.25) is 0 Å². The summed E-state index contributed by atoms with van der Waals surface area (Å²) in [6.07, 6.45) is 3.67. The second-order valence-corrected chi connectivity index (χ2v) is 11.9. The molecule has 7 nitrogen and oxygen atoms in total. The van der Waals surface area contributed by atoms with Gasteiger partial charge in [0.25, 0.3) is 0 Å². The zero-order chi connectivity index (χ0) is 30.1. The second kappa shape index (κ2) is 14.5. The van der Waals surface area contributed by atoms with E-state index in [1.807, 2.05) is 18.2 Å². The van der Waals surface area contributed by atoms with Crippen molar-refractivity contribution in [2.45, 2.75) is 46.5 Å². The van der Waals surface area contributed by atoms with Crippen LogP contribution in [0.2, 0.25) is 0 Å². The van der Waals surface area contributed by atoms with Crippen LogP contribution in [0.15, 0.2) is 70.9 Å². The number of hydrogen-bond donors (Lipinski definition) is 0. The Balaban J connectivity index is 1.52. The fourth-order valence-electron chi connectivity index (χ4n) is 4.41. The first-order valence-electron chi connectivity index (χ1n) is 14.0. The highest BCUT2D eigenvalue weighted by Gasteiger charge is 2.17. The van der Waals surface area contributed by atoms with E-state index in [-0.39, 0.29) is 5.97 Å². The van der Waals surface area contributed by atoms with Crippen LogP contribution in [0.5, 0.6) is 0 Å². The van der Waals surface area contributed by atoms with Gasteiger partial charge in [0.05, 0.1) is 28.6 Å². The maximum absolute atomic E-state index is 11.7. The van der Waals surface area contributed by atoms with Crippen LogP contribution >= 0.6 is 22.7 Å². The van der Waals surface area contributed by atoms with Crippen LogP contribution < -0.4 is 4.90 Å². The summed E-state index contributed by atoms with van der Waals surface area (Å²) in [6.45, 7) is 11.6. The van der Waals surface area contributed by atoms with E-state index >= 15 is 0 Å². The van der Waals surface area contributed by atoms with Crippen molar-refractivity contribution >= 4 is 54.4 Å². The van der Waals surface area contributed by atoms with Gasteiger partial charge in [0.15, 0.2) is 5.00 Å². The molecule has 0 bridgehead atoms. The SMILES string of the molecule is C=C(C)C(=O)OCCCN(CCCC)c1ccc(N=Nc2sc3cc(-c4ccc(C#N)cc4)sc3c2C#N)c(CC)c1. The summed E-state index contributed by atoms with van der Waals surface area (Å²) in [6, 6.07) is 20.2. The fourth-order valence-corrected chi connectivity index (χ4v) is 6.76. The number of fused-ring (bicyclic) bond motifs is 1. The highest BCUT2D eigenvalue weighted by atomic mass is 32.1. The molecule has 0 saturated carbocycles. The molecule has 0 radical (unpaired) electrons. The highest BCUT2D eigenvalue weighted by molar-refractivity contribution is 7.31. The first-order chi connectivity index (χ1) is 20.4. The molecule has 0 spiro atoms. The Kier molecular flexibility index (Phi) is 10.6. The van der Waals surface area contributed by atoms with Crippen LogP contribution in [0.4, 0.5) is 16.4 Å². The number of hydrogen-bond acceptors (Lipinski definition) is 9. The minimum Gasteiger partial charge on any atom is -0.462 e. The van der Waals surface area contributed by atoms with Crippen LogP contribution in [-0.4, -0.2) is 25.7 Å². The zero-order valence-corrected chi connectivity index (χ0v) is 25.8. The lowest BCUT2D eigenvalue weighted by atomic mass is 10.1. The zero-order valence-electron chi connectivity index (χ0n) is 24.1. The van der Waals surface area contributed by atoms with Gasteiger partial charge < -0.3 is 9.64 Å². The number of ether oxygens (including phenoxy) is 1. The summed E-state index contributed by atoms with van der Waals surface area (Å²) >= 11 is 3.02. The average molecular weight is 596 g/mol. The van der Waals surface area contributed by atoms with E-state index in [1.54, 1.807) is 30.4 Å². The molecule has 0 N–H and O–H groups in total. The van der Waals surface area contributed by atoms with Crippen molar-refractivity contribution in [3.05, 3.63) is 77.4 Å². The quantitative estimate of drug-likeness (QED) is 0.0663. The molecule has 0 saturated heterocycles. The van der Waals surface area contributed by atoms with E-state index in [4.69, 9.17) is 10.00 Å². The Labute approximate surface area is 255 Å². The lowest BCUT2D eigenvalue weighted by Gasteiger charge is -2.25.